The minimum absolute atomic E-state index is 0.171. The van der Waals surface area contributed by atoms with Crippen LogP contribution in [0.25, 0.3) is 0 Å². The predicted molar refractivity (Wildman–Crippen MR) is 79.3 cm³/mol. The summed E-state index contributed by atoms with van der Waals surface area (Å²) in [7, 11) is 0. The van der Waals surface area contributed by atoms with Crippen LogP contribution in [0, 0.1) is 0 Å². The molecule has 2 unspecified atom stereocenters. The Morgan fingerprint density at radius 2 is 1.75 bits per heavy atom. The molecule has 0 aliphatic carbocycles. The van der Waals surface area contributed by atoms with Crippen molar-refractivity contribution in [2.24, 2.45) is 0 Å². The Morgan fingerprint density at radius 3 is 2.30 bits per heavy atom. The van der Waals surface area contributed by atoms with E-state index < -0.39 is 0 Å². The lowest BCUT2D eigenvalue weighted by Crippen LogP contribution is -2.70. The number of hydrogen-bond donors (Lipinski definition) is 0. The van der Waals surface area contributed by atoms with E-state index in [0.29, 0.717) is 6.42 Å². The second-order valence-corrected chi connectivity index (χ2v) is 6.38. The fourth-order valence-electron chi connectivity index (χ4n) is 3.66. The zero-order valence-corrected chi connectivity index (χ0v) is 13.3. The molecule has 0 N–H and O–H groups in total. The molecule has 0 saturated carbocycles. The maximum atomic E-state index is 13.0. The van der Waals surface area contributed by atoms with E-state index >= 15 is 0 Å². The molecular formula is C16H28N2O2. The van der Waals surface area contributed by atoms with Crippen molar-refractivity contribution in [3.8, 4) is 0 Å². The fraction of sp³-hybridized carbons (Fsp3) is 0.875. The highest BCUT2D eigenvalue weighted by Crippen LogP contribution is 2.35. The lowest BCUT2D eigenvalue weighted by atomic mass is 9.85. The van der Waals surface area contributed by atoms with Crippen LogP contribution in [-0.4, -0.2) is 45.8 Å². The molecule has 0 radical (unpaired) electrons. The third kappa shape index (κ3) is 2.23. The van der Waals surface area contributed by atoms with E-state index in [1.807, 2.05) is 16.7 Å². The van der Waals surface area contributed by atoms with E-state index in [9.17, 15) is 9.59 Å². The van der Waals surface area contributed by atoms with Gasteiger partial charge in [-0.1, -0.05) is 20.8 Å². The molecule has 0 aromatic rings. The molecular weight excluding hydrogens is 252 g/mol. The van der Waals surface area contributed by atoms with E-state index in [0.717, 1.165) is 38.6 Å². The molecule has 2 aliphatic rings. The minimum atomic E-state index is -0.262. The molecule has 2 saturated heterocycles. The number of fused-ring (bicyclic) bond motifs is 1. The number of nitrogens with zero attached hydrogens (tertiary/aromatic N) is 2. The van der Waals surface area contributed by atoms with Crippen molar-refractivity contribution in [2.75, 3.05) is 6.54 Å². The second kappa shape index (κ2) is 5.74. The quantitative estimate of drug-likeness (QED) is 0.794. The maximum Gasteiger partial charge on any atom is 0.246 e. The van der Waals surface area contributed by atoms with Gasteiger partial charge in [-0.05, 0) is 45.4 Å². The van der Waals surface area contributed by atoms with Gasteiger partial charge in [0.15, 0.2) is 0 Å². The van der Waals surface area contributed by atoms with E-state index in [4.69, 9.17) is 0 Å². The van der Waals surface area contributed by atoms with Crippen LogP contribution in [0.15, 0.2) is 0 Å². The SMILES string of the molecule is CCC1C(=O)N2CCCCC2C(=O)N1C(C)(CC)CC. The van der Waals surface area contributed by atoms with E-state index in [1.165, 1.54) is 0 Å². The van der Waals surface area contributed by atoms with Crippen molar-refractivity contribution in [3.05, 3.63) is 0 Å². The monoisotopic (exact) mass is 280 g/mol. The Kier molecular flexibility index (Phi) is 4.40. The number of piperazine rings is 1. The fourth-order valence-corrected chi connectivity index (χ4v) is 3.66. The highest BCUT2D eigenvalue weighted by atomic mass is 16.2. The lowest BCUT2D eigenvalue weighted by Gasteiger charge is -2.53. The summed E-state index contributed by atoms with van der Waals surface area (Å²) < 4.78 is 0. The molecule has 2 atom stereocenters. The number of carbonyl (C=O) groups is 2. The molecule has 2 rings (SSSR count). The van der Waals surface area contributed by atoms with Crippen molar-refractivity contribution in [1.29, 1.82) is 0 Å². The van der Waals surface area contributed by atoms with Gasteiger partial charge >= 0.3 is 0 Å². The van der Waals surface area contributed by atoms with Gasteiger partial charge in [-0.15, -0.1) is 0 Å². The topological polar surface area (TPSA) is 40.6 Å². The van der Waals surface area contributed by atoms with Crippen LogP contribution in [0.5, 0.6) is 0 Å². The summed E-state index contributed by atoms with van der Waals surface area (Å²) >= 11 is 0. The third-order valence-corrected chi connectivity index (χ3v) is 5.40. The number of amides is 2. The summed E-state index contributed by atoms with van der Waals surface area (Å²) in [6.07, 6.45) is 5.42. The Labute approximate surface area is 122 Å². The largest absolute Gasteiger partial charge is 0.329 e. The molecule has 0 aromatic carbocycles. The number of carbonyl (C=O) groups excluding carboxylic acids is 2. The average Bonchev–Trinajstić information content (AvgIpc) is 2.49. The normalized spacial score (nSPS) is 27.8. The van der Waals surface area contributed by atoms with Crippen LogP contribution in [-0.2, 0) is 9.59 Å². The molecule has 2 fully saturated rings. The molecule has 2 heterocycles. The predicted octanol–water partition coefficient (Wildman–Crippen LogP) is 2.57. The van der Waals surface area contributed by atoms with Gasteiger partial charge in [-0.25, -0.2) is 0 Å². The van der Waals surface area contributed by atoms with Gasteiger partial charge in [-0.3, -0.25) is 9.59 Å². The standard InChI is InChI=1S/C16H28N2O2/c1-5-12-14(19)17-11-9-8-10-13(17)15(20)18(12)16(4,6-2)7-3/h12-13H,5-11H2,1-4H3. The van der Waals surface area contributed by atoms with Crippen LogP contribution in [0.1, 0.15) is 66.2 Å². The number of rotatable bonds is 4. The molecule has 2 aliphatic heterocycles. The molecule has 0 bridgehead atoms. The Hall–Kier alpha value is -1.06. The van der Waals surface area contributed by atoms with Crippen LogP contribution in [0.3, 0.4) is 0 Å². The van der Waals surface area contributed by atoms with Crippen molar-refractivity contribution >= 4 is 11.8 Å². The van der Waals surface area contributed by atoms with Crippen molar-refractivity contribution in [2.45, 2.75) is 83.8 Å². The number of hydrogen-bond acceptors (Lipinski definition) is 2. The van der Waals surface area contributed by atoms with Crippen molar-refractivity contribution < 1.29 is 9.59 Å². The first-order valence-electron chi connectivity index (χ1n) is 8.13. The van der Waals surface area contributed by atoms with Crippen LogP contribution < -0.4 is 0 Å². The van der Waals surface area contributed by atoms with Gasteiger partial charge < -0.3 is 9.80 Å². The van der Waals surface area contributed by atoms with Crippen LogP contribution in [0.4, 0.5) is 0 Å². The summed E-state index contributed by atoms with van der Waals surface area (Å²) in [5.74, 6) is 0.354. The molecule has 2 amide bonds. The molecule has 4 nitrogen and oxygen atoms in total. The molecule has 20 heavy (non-hydrogen) atoms. The first-order valence-corrected chi connectivity index (χ1v) is 8.13. The van der Waals surface area contributed by atoms with Crippen molar-refractivity contribution in [1.82, 2.24) is 9.80 Å². The Bertz CT molecular complexity index is 390. The minimum Gasteiger partial charge on any atom is -0.329 e. The summed E-state index contributed by atoms with van der Waals surface area (Å²) in [6.45, 7) is 9.12. The van der Waals surface area contributed by atoms with Crippen molar-refractivity contribution in [3.63, 3.8) is 0 Å². The van der Waals surface area contributed by atoms with Gasteiger partial charge in [0.05, 0.1) is 0 Å². The average molecular weight is 280 g/mol. The van der Waals surface area contributed by atoms with Crippen LogP contribution >= 0.6 is 0 Å². The highest BCUT2D eigenvalue weighted by molar-refractivity contribution is 5.97. The lowest BCUT2D eigenvalue weighted by molar-refractivity contribution is -0.171. The van der Waals surface area contributed by atoms with Gasteiger partial charge in [0.25, 0.3) is 0 Å². The number of piperidine rings is 1. The zero-order chi connectivity index (χ0) is 14.9. The van der Waals surface area contributed by atoms with Gasteiger partial charge in [0.1, 0.15) is 12.1 Å². The smallest absolute Gasteiger partial charge is 0.246 e. The third-order valence-electron chi connectivity index (χ3n) is 5.40. The van der Waals surface area contributed by atoms with Gasteiger partial charge in [0, 0.05) is 12.1 Å². The first-order chi connectivity index (χ1) is 9.50. The Balaban J connectivity index is 2.38. The maximum absolute atomic E-state index is 13.0. The molecule has 4 heteroatoms. The van der Waals surface area contributed by atoms with Gasteiger partial charge in [-0.2, -0.15) is 0 Å². The van der Waals surface area contributed by atoms with E-state index in [1.54, 1.807) is 0 Å². The van der Waals surface area contributed by atoms with Gasteiger partial charge in [0.2, 0.25) is 11.8 Å². The van der Waals surface area contributed by atoms with E-state index in [2.05, 4.69) is 20.8 Å². The van der Waals surface area contributed by atoms with E-state index in [-0.39, 0.29) is 29.4 Å². The van der Waals surface area contributed by atoms with Crippen LogP contribution in [0.2, 0.25) is 0 Å². The summed E-state index contributed by atoms with van der Waals surface area (Å²) in [4.78, 5) is 29.5. The first kappa shape index (κ1) is 15.3. The summed E-state index contributed by atoms with van der Waals surface area (Å²) in [5, 5.41) is 0. The molecule has 114 valence electrons. The summed E-state index contributed by atoms with van der Waals surface area (Å²) in [5.41, 5.74) is -0.197. The molecule has 0 spiro atoms. The zero-order valence-electron chi connectivity index (χ0n) is 13.3. The summed E-state index contributed by atoms with van der Waals surface area (Å²) in [6, 6.07) is -0.460. The Morgan fingerprint density at radius 1 is 1.10 bits per heavy atom. The highest BCUT2D eigenvalue weighted by Gasteiger charge is 2.50. The second-order valence-electron chi connectivity index (χ2n) is 6.38. The molecule has 0 aromatic heterocycles.